The van der Waals surface area contributed by atoms with E-state index in [0.29, 0.717) is 17.2 Å². The van der Waals surface area contributed by atoms with Gasteiger partial charge in [-0.2, -0.15) is 0 Å². The Kier molecular flexibility index (Phi) is 3.12. The average molecular weight is 304 g/mol. The van der Waals surface area contributed by atoms with E-state index in [1.807, 2.05) is 30.3 Å². The van der Waals surface area contributed by atoms with Gasteiger partial charge in [-0.1, -0.05) is 30.3 Å². The molecule has 1 aliphatic heterocycles. The van der Waals surface area contributed by atoms with Crippen molar-refractivity contribution in [2.24, 2.45) is 4.99 Å². The summed E-state index contributed by atoms with van der Waals surface area (Å²) in [4.78, 5) is 21.3. The maximum absolute atomic E-state index is 12.7. The van der Waals surface area contributed by atoms with Crippen molar-refractivity contribution in [3.05, 3.63) is 78.5 Å². The molecule has 3 aromatic rings. The Morgan fingerprint density at radius 1 is 1.09 bits per heavy atom. The lowest BCUT2D eigenvalue weighted by Crippen LogP contribution is -2.48. The highest BCUT2D eigenvalue weighted by atomic mass is 16.3. The molecule has 1 N–H and O–H groups in total. The smallest absolute Gasteiger partial charge is 0.312 e. The lowest BCUT2D eigenvalue weighted by Gasteiger charge is -2.29. The Bertz CT molecular complexity index is 873. The number of aromatic nitrogens is 1. The van der Waals surface area contributed by atoms with Crippen LogP contribution in [0.25, 0.3) is 0 Å². The van der Waals surface area contributed by atoms with Crippen LogP contribution in [0.2, 0.25) is 0 Å². The van der Waals surface area contributed by atoms with Crippen LogP contribution in [-0.4, -0.2) is 16.7 Å². The summed E-state index contributed by atoms with van der Waals surface area (Å²) in [5.41, 5.74) is 5.18. The number of hydrogen-bond donors (Lipinski definition) is 1. The van der Waals surface area contributed by atoms with E-state index in [1.54, 1.807) is 30.6 Å². The number of rotatable bonds is 2. The highest BCUT2D eigenvalue weighted by Crippen LogP contribution is 2.31. The van der Waals surface area contributed by atoms with E-state index in [2.05, 4.69) is 15.4 Å². The summed E-state index contributed by atoms with van der Waals surface area (Å²) in [5, 5.41) is 1.42. The largest absolute Gasteiger partial charge is 0.459 e. The van der Waals surface area contributed by atoms with Crippen LogP contribution in [0.3, 0.4) is 0 Å². The summed E-state index contributed by atoms with van der Waals surface area (Å²) in [6.45, 7) is 0. The second-order valence-electron chi connectivity index (χ2n) is 4.92. The van der Waals surface area contributed by atoms with Crippen molar-refractivity contribution in [1.29, 1.82) is 0 Å². The normalized spacial score (nSPS) is 13.0. The molecule has 2 aromatic heterocycles. The molecule has 0 atom stereocenters. The standard InChI is InChI=1S/C17H12N4O2/c22-17(15-7-4-10-23-15)21-14-8-9-18-11-13(14)19-16(20-21)12-5-2-1-3-6-12/h1-11H,(H,19,20). The van der Waals surface area contributed by atoms with Gasteiger partial charge in [0, 0.05) is 11.8 Å². The zero-order valence-corrected chi connectivity index (χ0v) is 12.0. The van der Waals surface area contributed by atoms with Crippen molar-refractivity contribution in [2.75, 3.05) is 5.01 Å². The fourth-order valence-electron chi connectivity index (χ4n) is 2.36. The Balaban J connectivity index is 1.79. The number of nitrogens with zero attached hydrogens (tertiary/aromatic N) is 3. The van der Waals surface area contributed by atoms with Crippen molar-refractivity contribution in [3.8, 4) is 0 Å². The number of anilines is 1. The van der Waals surface area contributed by atoms with Gasteiger partial charge in [-0.15, -0.1) is 0 Å². The second-order valence-corrected chi connectivity index (χ2v) is 4.92. The van der Waals surface area contributed by atoms with Crippen LogP contribution >= 0.6 is 0 Å². The number of furan rings is 1. The van der Waals surface area contributed by atoms with Gasteiger partial charge in [0.1, 0.15) is 5.69 Å². The van der Waals surface area contributed by atoms with Crippen molar-refractivity contribution in [3.63, 3.8) is 0 Å². The molecule has 0 bridgehead atoms. The zero-order valence-electron chi connectivity index (χ0n) is 12.0. The summed E-state index contributed by atoms with van der Waals surface area (Å²) in [5.74, 6) is 0.520. The van der Waals surface area contributed by atoms with Gasteiger partial charge in [0.15, 0.2) is 11.6 Å². The van der Waals surface area contributed by atoms with Gasteiger partial charge in [-0.05, 0) is 18.2 Å². The molecule has 0 spiro atoms. The lowest BCUT2D eigenvalue weighted by molar-refractivity contribution is 0.0953. The number of carbonyl (C=O) groups is 1. The SMILES string of the molecule is O=C(c1ccco1)N1NC(c2ccccc2)=Nc2cnccc21. The highest BCUT2D eigenvalue weighted by Gasteiger charge is 2.27. The molecule has 0 unspecified atom stereocenters. The highest BCUT2D eigenvalue weighted by molar-refractivity contribution is 6.12. The number of hydrogen-bond acceptors (Lipinski definition) is 5. The third-order valence-corrected chi connectivity index (χ3v) is 3.45. The third-order valence-electron chi connectivity index (χ3n) is 3.45. The molecule has 0 fully saturated rings. The van der Waals surface area contributed by atoms with E-state index in [9.17, 15) is 4.79 Å². The predicted octanol–water partition coefficient (Wildman–Crippen LogP) is 2.92. The molecule has 1 aromatic carbocycles. The van der Waals surface area contributed by atoms with Gasteiger partial charge in [-0.25, -0.2) is 10.0 Å². The van der Waals surface area contributed by atoms with Crippen LogP contribution in [-0.2, 0) is 0 Å². The molecular weight excluding hydrogens is 292 g/mol. The Morgan fingerprint density at radius 3 is 2.74 bits per heavy atom. The first-order chi connectivity index (χ1) is 11.3. The third kappa shape index (κ3) is 2.36. The average Bonchev–Trinajstić information content (AvgIpc) is 3.15. The number of fused-ring (bicyclic) bond motifs is 1. The van der Waals surface area contributed by atoms with Crippen LogP contribution in [0.15, 0.2) is 76.6 Å². The maximum Gasteiger partial charge on any atom is 0.312 e. The molecule has 3 heterocycles. The maximum atomic E-state index is 12.7. The van der Waals surface area contributed by atoms with E-state index in [4.69, 9.17) is 4.42 Å². The molecule has 6 heteroatoms. The molecule has 0 saturated heterocycles. The number of nitrogens with one attached hydrogen (secondary N) is 1. The molecule has 1 aliphatic rings. The Morgan fingerprint density at radius 2 is 1.96 bits per heavy atom. The number of amides is 1. The van der Waals surface area contributed by atoms with Crippen LogP contribution in [0, 0.1) is 0 Å². The molecule has 23 heavy (non-hydrogen) atoms. The van der Waals surface area contributed by atoms with Gasteiger partial charge >= 0.3 is 5.91 Å². The first-order valence-electron chi connectivity index (χ1n) is 7.06. The number of hydrazine groups is 1. The van der Waals surface area contributed by atoms with E-state index in [-0.39, 0.29) is 11.7 Å². The van der Waals surface area contributed by atoms with E-state index in [1.165, 1.54) is 11.3 Å². The van der Waals surface area contributed by atoms with E-state index in [0.717, 1.165) is 5.56 Å². The summed E-state index contributed by atoms with van der Waals surface area (Å²) in [6.07, 6.45) is 4.71. The van der Waals surface area contributed by atoms with E-state index < -0.39 is 0 Å². The van der Waals surface area contributed by atoms with Gasteiger partial charge in [-0.3, -0.25) is 15.2 Å². The van der Waals surface area contributed by atoms with Gasteiger partial charge in [0.25, 0.3) is 0 Å². The minimum Gasteiger partial charge on any atom is -0.459 e. The predicted molar refractivity (Wildman–Crippen MR) is 85.5 cm³/mol. The number of pyridine rings is 1. The minimum atomic E-state index is -0.300. The molecule has 0 saturated carbocycles. The zero-order chi connectivity index (χ0) is 15.6. The van der Waals surface area contributed by atoms with Crippen molar-refractivity contribution in [1.82, 2.24) is 10.4 Å². The fraction of sp³-hybridized carbons (Fsp3) is 0. The summed E-state index contributed by atoms with van der Waals surface area (Å²) < 4.78 is 5.22. The van der Waals surface area contributed by atoms with Gasteiger partial charge in [0.2, 0.25) is 0 Å². The monoisotopic (exact) mass is 304 g/mol. The Hall–Kier alpha value is -3.41. The lowest BCUT2D eigenvalue weighted by atomic mass is 10.2. The first kappa shape index (κ1) is 13.3. The van der Waals surface area contributed by atoms with Gasteiger partial charge in [0.05, 0.1) is 18.1 Å². The number of carbonyl (C=O) groups excluding carboxylic acids is 1. The van der Waals surface area contributed by atoms with Crippen molar-refractivity contribution >= 4 is 23.1 Å². The second kappa shape index (κ2) is 5.42. The molecule has 4 rings (SSSR count). The molecule has 6 nitrogen and oxygen atoms in total. The van der Waals surface area contributed by atoms with Crippen molar-refractivity contribution < 1.29 is 9.21 Å². The molecule has 1 amide bonds. The number of amidine groups is 1. The van der Waals surface area contributed by atoms with Gasteiger partial charge < -0.3 is 4.42 Å². The first-order valence-corrected chi connectivity index (χ1v) is 7.06. The fourth-order valence-corrected chi connectivity index (χ4v) is 2.36. The van der Waals surface area contributed by atoms with Crippen LogP contribution in [0.5, 0.6) is 0 Å². The summed E-state index contributed by atoms with van der Waals surface area (Å²) >= 11 is 0. The van der Waals surface area contributed by atoms with Crippen LogP contribution < -0.4 is 10.4 Å². The summed E-state index contributed by atoms with van der Waals surface area (Å²) in [6, 6.07) is 14.6. The topological polar surface area (TPSA) is 70.7 Å². The molecule has 0 aliphatic carbocycles. The van der Waals surface area contributed by atoms with Crippen molar-refractivity contribution in [2.45, 2.75) is 0 Å². The minimum absolute atomic E-state index is 0.245. The summed E-state index contributed by atoms with van der Waals surface area (Å²) in [7, 11) is 0. The molecular formula is C17H12N4O2. The quantitative estimate of drug-likeness (QED) is 0.790. The number of benzene rings is 1. The van der Waals surface area contributed by atoms with E-state index >= 15 is 0 Å². The Labute approximate surface area is 132 Å². The molecule has 0 radical (unpaired) electrons. The van der Waals surface area contributed by atoms with Crippen LogP contribution in [0.1, 0.15) is 16.1 Å². The number of aliphatic imine (C=N–C) groups is 1. The molecule has 112 valence electrons. The van der Waals surface area contributed by atoms with Crippen LogP contribution in [0.4, 0.5) is 11.4 Å².